The molecule has 1 saturated heterocycles. The average Bonchev–Trinajstić information content (AvgIpc) is 2.37. The minimum atomic E-state index is 0.204. The van der Waals surface area contributed by atoms with Crippen molar-refractivity contribution in [3.8, 4) is 0 Å². The number of nitrogens with zero attached hydrogens (tertiary/aromatic N) is 1. The Labute approximate surface area is 77.7 Å². The van der Waals surface area contributed by atoms with E-state index in [9.17, 15) is 4.79 Å². The number of rotatable bonds is 0. The molecule has 3 heteroatoms. The van der Waals surface area contributed by atoms with Gasteiger partial charge >= 0.3 is 0 Å². The van der Waals surface area contributed by atoms with Gasteiger partial charge in [0.15, 0.2) is 0 Å². The van der Waals surface area contributed by atoms with Gasteiger partial charge in [0.25, 0.3) is 0 Å². The van der Waals surface area contributed by atoms with Crippen LogP contribution >= 0.6 is 11.8 Å². The Morgan fingerprint density at radius 1 is 1.33 bits per heavy atom. The summed E-state index contributed by atoms with van der Waals surface area (Å²) in [6, 6.07) is 0. The second kappa shape index (κ2) is 2.95. The van der Waals surface area contributed by atoms with Crippen LogP contribution in [0, 0.1) is 0 Å². The summed E-state index contributed by atoms with van der Waals surface area (Å²) in [5, 5.41) is 0. The van der Waals surface area contributed by atoms with Gasteiger partial charge in [-0.15, -0.1) is 11.8 Å². The molecule has 2 nitrogen and oxygen atoms in total. The molecule has 1 saturated carbocycles. The Bertz CT molecular complexity index is 199. The van der Waals surface area contributed by atoms with Gasteiger partial charge in [-0.05, 0) is 12.8 Å². The van der Waals surface area contributed by atoms with Gasteiger partial charge in [0.05, 0.1) is 10.6 Å². The largest absolute Gasteiger partial charge is 0.330 e. The van der Waals surface area contributed by atoms with Crippen molar-refractivity contribution in [2.75, 3.05) is 12.8 Å². The van der Waals surface area contributed by atoms with Crippen molar-refractivity contribution >= 4 is 17.7 Å². The van der Waals surface area contributed by atoms with Crippen LogP contribution in [0.15, 0.2) is 0 Å². The van der Waals surface area contributed by atoms with Crippen molar-refractivity contribution in [1.82, 2.24) is 4.90 Å². The van der Waals surface area contributed by atoms with Crippen LogP contribution < -0.4 is 0 Å². The maximum atomic E-state index is 11.4. The predicted octanol–water partition coefficient (Wildman–Crippen LogP) is 1.85. The summed E-state index contributed by atoms with van der Waals surface area (Å²) < 4.78 is 0. The van der Waals surface area contributed by atoms with E-state index >= 15 is 0 Å². The van der Waals surface area contributed by atoms with Crippen molar-refractivity contribution in [3.63, 3.8) is 0 Å². The van der Waals surface area contributed by atoms with Crippen LogP contribution in [-0.2, 0) is 4.79 Å². The van der Waals surface area contributed by atoms with Crippen molar-refractivity contribution in [1.29, 1.82) is 0 Å². The summed E-state index contributed by atoms with van der Waals surface area (Å²) in [7, 11) is 1.97. The lowest BCUT2D eigenvalue weighted by molar-refractivity contribution is -0.129. The molecule has 1 aliphatic heterocycles. The SMILES string of the molecule is CN1C(=O)CSC12CCCCC2. The molecule has 0 unspecified atom stereocenters. The highest BCUT2D eigenvalue weighted by Crippen LogP contribution is 2.45. The molecule has 1 amide bonds. The van der Waals surface area contributed by atoms with Crippen LogP contribution in [-0.4, -0.2) is 28.5 Å². The topological polar surface area (TPSA) is 20.3 Å². The fourth-order valence-electron chi connectivity index (χ4n) is 2.20. The fourth-order valence-corrected chi connectivity index (χ4v) is 3.66. The van der Waals surface area contributed by atoms with Crippen LogP contribution in [0.2, 0.25) is 0 Å². The first-order valence-electron chi connectivity index (χ1n) is 4.65. The highest BCUT2D eigenvalue weighted by molar-refractivity contribution is 8.01. The molecule has 0 radical (unpaired) electrons. The molecule has 0 atom stereocenters. The second-order valence-electron chi connectivity index (χ2n) is 3.75. The lowest BCUT2D eigenvalue weighted by atomic mass is 9.94. The first kappa shape index (κ1) is 8.42. The third-order valence-corrected chi connectivity index (χ3v) is 4.70. The molecule has 0 N–H and O–H groups in total. The van der Waals surface area contributed by atoms with Gasteiger partial charge in [0, 0.05) is 7.05 Å². The van der Waals surface area contributed by atoms with Crippen molar-refractivity contribution in [2.24, 2.45) is 0 Å². The number of carbonyl (C=O) groups is 1. The molecular formula is C9H15NOS. The lowest BCUT2D eigenvalue weighted by Gasteiger charge is -2.38. The molecule has 0 aromatic heterocycles. The minimum absolute atomic E-state index is 0.204. The van der Waals surface area contributed by atoms with E-state index in [-0.39, 0.29) is 4.87 Å². The third kappa shape index (κ3) is 1.15. The monoisotopic (exact) mass is 185 g/mol. The highest BCUT2D eigenvalue weighted by atomic mass is 32.2. The molecule has 68 valence electrons. The first-order chi connectivity index (χ1) is 5.75. The Kier molecular flexibility index (Phi) is 2.07. The van der Waals surface area contributed by atoms with E-state index in [2.05, 4.69) is 0 Å². The Hall–Kier alpha value is -0.180. The maximum absolute atomic E-state index is 11.4. The van der Waals surface area contributed by atoms with Gasteiger partial charge < -0.3 is 4.90 Å². The number of hydrogen-bond donors (Lipinski definition) is 0. The molecule has 0 aromatic carbocycles. The number of thioether (sulfide) groups is 1. The van der Waals surface area contributed by atoms with Gasteiger partial charge in [-0.3, -0.25) is 4.79 Å². The second-order valence-corrected chi connectivity index (χ2v) is 5.09. The van der Waals surface area contributed by atoms with Gasteiger partial charge in [-0.25, -0.2) is 0 Å². The first-order valence-corrected chi connectivity index (χ1v) is 5.64. The highest BCUT2D eigenvalue weighted by Gasteiger charge is 2.44. The van der Waals surface area contributed by atoms with Crippen LogP contribution in [0.3, 0.4) is 0 Å². The third-order valence-electron chi connectivity index (χ3n) is 3.08. The molecule has 0 bridgehead atoms. The van der Waals surface area contributed by atoms with E-state index in [1.807, 2.05) is 23.7 Å². The summed E-state index contributed by atoms with van der Waals surface area (Å²) in [5.74, 6) is 1.03. The maximum Gasteiger partial charge on any atom is 0.233 e. The molecule has 1 aliphatic carbocycles. The van der Waals surface area contributed by atoms with Crippen LogP contribution in [0.1, 0.15) is 32.1 Å². The fraction of sp³-hybridized carbons (Fsp3) is 0.889. The number of carbonyl (C=O) groups excluding carboxylic acids is 1. The normalized spacial score (nSPS) is 28.4. The van der Waals surface area contributed by atoms with E-state index in [1.54, 1.807) is 0 Å². The van der Waals surface area contributed by atoms with Crippen molar-refractivity contribution in [2.45, 2.75) is 37.0 Å². The molecule has 1 spiro atoms. The molecular weight excluding hydrogens is 170 g/mol. The molecule has 0 aromatic rings. The molecule has 2 fully saturated rings. The van der Waals surface area contributed by atoms with Crippen molar-refractivity contribution < 1.29 is 4.79 Å². The summed E-state index contributed by atoms with van der Waals surface area (Å²) in [6.07, 6.45) is 6.36. The minimum Gasteiger partial charge on any atom is -0.330 e. The van der Waals surface area contributed by atoms with E-state index in [0.29, 0.717) is 11.7 Å². The van der Waals surface area contributed by atoms with Gasteiger partial charge in [-0.2, -0.15) is 0 Å². The van der Waals surface area contributed by atoms with E-state index in [0.717, 1.165) is 0 Å². The van der Waals surface area contributed by atoms with E-state index < -0.39 is 0 Å². The van der Waals surface area contributed by atoms with Crippen molar-refractivity contribution in [3.05, 3.63) is 0 Å². The Morgan fingerprint density at radius 3 is 2.50 bits per heavy atom. The summed E-state index contributed by atoms with van der Waals surface area (Å²) in [4.78, 5) is 13.5. The standard InChI is InChI=1S/C9H15NOS/c1-10-8(11)7-12-9(10)5-3-2-4-6-9/h2-7H2,1H3. The number of hydrogen-bond acceptors (Lipinski definition) is 2. The van der Waals surface area contributed by atoms with Crippen LogP contribution in [0.5, 0.6) is 0 Å². The Morgan fingerprint density at radius 2 is 2.00 bits per heavy atom. The van der Waals surface area contributed by atoms with E-state index in [4.69, 9.17) is 0 Å². The molecule has 12 heavy (non-hydrogen) atoms. The zero-order valence-corrected chi connectivity index (χ0v) is 8.32. The van der Waals surface area contributed by atoms with Crippen LogP contribution in [0.25, 0.3) is 0 Å². The summed E-state index contributed by atoms with van der Waals surface area (Å²) in [5.41, 5.74) is 0. The lowest BCUT2D eigenvalue weighted by Crippen LogP contribution is -2.42. The predicted molar refractivity (Wildman–Crippen MR) is 51.0 cm³/mol. The van der Waals surface area contributed by atoms with E-state index in [1.165, 1.54) is 32.1 Å². The quantitative estimate of drug-likeness (QED) is 0.574. The zero-order chi connectivity index (χ0) is 8.60. The Balaban J connectivity index is 2.14. The molecule has 1 heterocycles. The smallest absolute Gasteiger partial charge is 0.233 e. The average molecular weight is 185 g/mol. The van der Waals surface area contributed by atoms with Gasteiger partial charge in [0.1, 0.15) is 0 Å². The number of amides is 1. The summed E-state index contributed by atoms with van der Waals surface area (Å²) >= 11 is 1.86. The molecule has 2 rings (SSSR count). The van der Waals surface area contributed by atoms with Crippen LogP contribution in [0.4, 0.5) is 0 Å². The van der Waals surface area contributed by atoms with Gasteiger partial charge in [0.2, 0.25) is 5.91 Å². The summed E-state index contributed by atoms with van der Waals surface area (Å²) in [6.45, 7) is 0. The molecule has 2 aliphatic rings. The van der Waals surface area contributed by atoms with Gasteiger partial charge in [-0.1, -0.05) is 19.3 Å². The zero-order valence-electron chi connectivity index (χ0n) is 7.51.